The number of fused-ring (bicyclic) bond motifs is 1. The number of thiocarbonyl (C=S) groups is 1. The molecule has 1 aromatic heterocycles. The van der Waals surface area contributed by atoms with E-state index in [0.717, 1.165) is 5.56 Å². The van der Waals surface area contributed by atoms with Crippen molar-refractivity contribution in [3.8, 4) is 5.75 Å². The van der Waals surface area contributed by atoms with Crippen LogP contribution in [0.15, 0.2) is 63.8 Å². The summed E-state index contributed by atoms with van der Waals surface area (Å²) >= 11 is 5.50. The molecule has 1 aliphatic heterocycles. The molecule has 0 saturated carbocycles. The van der Waals surface area contributed by atoms with Crippen LogP contribution in [-0.2, 0) is 6.54 Å². The van der Waals surface area contributed by atoms with Crippen LogP contribution in [0.1, 0.15) is 15.9 Å². The first-order valence-electron chi connectivity index (χ1n) is 10.0. The summed E-state index contributed by atoms with van der Waals surface area (Å²) in [6.45, 7) is 2.81. The van der Waals surface area contributed by atoms with Crippen LogP contribution in [0.2, 0.25) is 0 Å². The van der Waals surface area contributed by atoms with E-state index < -0.39 is 5.63 Å². The van der Waals surface area contributed by atoms with Crippen LogP contribution in [0.3, 0.4) is 0 Å². The van der Waals surface area contributed by atoms with E-state index in [1.807, 2.05) is 35.2 Å². The number of methoxy groups -OCH3 is 1. The maximum Gasteiger partial charge on any atom is 0.349 e. The molecule has 0 unspecified atom stereocenters. The second kappa shape index (κ2) is 9.18. The van der Waals surface area contributed by atoms with Crippen LogP contribution in [-0.4, -0.2) is 54.1 Å². The van der Waals surface area contributed by atoms with Gasteiger partial charge in [0.15, 0.2) is 5.11 Å². The fourth-order valence-electron chi connectivity index (χ4n) is 3.54. The Bertz CT molecular complexity index is 1150. The highest BCUT2D eigenvalue weighted by Gasteiger charge is 2.26. The number of carbonyl (C=O) groups excluding carboxylic acids is 1. The lowest BCUT2D eigenvalue weighted by Crippen LogP contribution is -2.53. The maximum atomic E-state index is 12.9. The van der Waals surface area contributed by atoms with Crippen LogP contribution in [0.25, 0.3) is 11.0 Å². The van der Waals surface area contributed by atoms with Gasteiger partial charge in [0.1, 0.15) is 16.9 Å². The Labute approximate surface area is 185 Å². The molecule has 0 aliphatic carbocycles. The van der Waals surface area contributed by atoms with Gasteiger partial charge in [-0.25, -0.2) is 4.79 Å². The monoisotopic (exact) mass is 437 g/mol. The number of carbonyl (C=O) groups is 1. The van der Waals surface area contributed by atoms with Gasteiger partial charge in [0.05, 0.1) is 7.11 Å². The molecule has 0 radical (unpaired) electrons. The molecule has 0 atom stereocenters. The molecular formula is C23H23N3O4S. The summed E-state index contributed by atoms with van der Waals surface area (Å²) in [5.41, 5.74) is 0.934. The standard InChI is InChI=1S/C23H23N3O4S/c1-29-18-8-7-17-13-19(22(28)30-20(17)14-18)21(27)25-9-11-26(12-10-25)23(31)24-15-16-5-3-2-4-6-16/h2-8,13-14H,9-12,15H2,1H3,(H,24,31). The molecule has 160 valence electrons. The van der Waals surface area contributed by atoms with E-state index in [4.69, 9.17) is 21.4 Å². The normalized spacial score (nSPS) is 13.8. The summed E-state index contributed by atoms with van der Waals surface area (Å²) in [7, 11) is 1.54. The summed E-state index contributed by atoms with van der Waals surface area (Å²) in [6.07, 6.45) is 0. The van der Waals surface area contributed by atoms with E-state index in [2.05, 4.69) is 5.32 Å². The van der Waals surface area contributed by atoms with Gasteiger partial charge in [-0.3, -0.25) is 4.79 Å². The SMILES string of the molecule is COc1ccc2cc(C(=O)N3CCN(C(=S)NCc4ccccc4)CC3)c(=O)oc2c1. The number of benzene rings is 2. The number of hydrogen-bond acceptors (Lipinski definition) is 5. The van der Waals surface area contributed by atoms with Crippen LogP contribution < -0.4 is 15.7 Å². The van der Waals surface area contributed by atoms with Gasteiger partial charge in [0.2, 0.25) is 0 Å². The molecule has 3 aromatic rings. The highest BCUT2D eigenvalue weighted by molar-refractivity contribution is 7.80. The Morgan fingerprint density at radius 3 is 2.48 bits per heavy atom. The molecular weight excluding hydrogens is 414 g/mol. The van der Waals surface area contributed by atoms with Crippen molar-refractivity contribution in [1.29, 1.82) is 0 Å². The molecule has 31 heavy (non-hydrogen) atoms. The number of nitrogens with one attached hydrogen (secondary N) is 1. The molecule has 1 amide bonds. The number of ether oxygens (including phenoxy) is 1. The topological polar surface area (TPSA) is 75.0 Å². The van der Waals surface area contributed by atoms with E-state index in [9.17, 15) is 9.59 Å². The molecule has 0 bridgehead atoms. The Morgan fingerprint density at radius 2 is 1.77 bits per heavy atom. The summed E-state index contributed by atoms with van der Waals surface area (Å²) in [5.74, 6) is 0.261. The second-order valence-corrected chi connectivity index (χ2v) is 7.66. The minimum absolute atomic E-state index is 0.0379. The van der Waals surface area contributed by atoms with Gasteiger partial charge >= 0.3 is 5.63 Å². The average molecular weight is 438 g/mol. The molecule has 7 nitrogen and oxygen atoms in total. The predicted molar refractivity (Wildman–Crippen MR) is 122 cm³/mol. The van der Waals surface area contributed by atoms with Gasteiger partial charge in [0.25, 0.3) is 5.91 Å². The van der Waals surface area contributed by atoms with Crippen molar-refractivity contribution in [3.63, 3.8) is 0 Å². The van der Waals surface area contributed by atoms with Crippen molar-refractivity contribution < 1.29 is 13.9 Å². The third kappa shape index (κ3) is 4.69. The maximum absolute atomic E-state index is 12.9. The van der Waals surface area contributed by atoms with E-state index in [1.165, 1.54) is 0 Å². The van der Waals surface area contributed by atoms with Crippen molar-refractivity contribution >= 4 is 34.2 Å². The van der Waals surface area contributed by atoms with Gasteiger partial charge in [-0.05, 0) is 36.0 Å². The predicted octanol–water partition coefficient (Wildman–Crippen LogP) is 2.63. The molecule has 1 saturated heterocycles. The van der Waals surface area contributed by atoms with E-state index in [1.54, 1.807) is 36.3 Å². The summed E-state index contributed by atoms with van der Waals surface area (Å²) in [6, 6.07) is 16.8. The van der Waals surface area contributed by atoms with Crippen molar-refractivity contribution in [2.75, 3.05) is 33.3 Å². The highest BCUT2D eigenvalue weighted by Crippen LogP contribution is 2.21. The average Bonchev–Trinajstić information content (AvgIpc) is 2.82. The number of nitrogens with zero attached hydrogens (tertiary/aromatic N) is 2. The van der Waals surface area contributed by atoms with Gasteiger partial charge < -0.3 is 24.3 Å². The third-order valence-corrected chi connectivity index (χ3v) is 5.72. The highest BCUT2D eigenvalue weighted by atomic mass is 32.1. The number of rotatable bonds is 4. The Kier molecular flexibility index (Phi) is 6.18. The summed E-state index contributed by atoms with van der Waals surface area (Å²) < 4.78 is 10.5. The molecule has 1 aliphatic rings. The first-order valence-corrected chi connectivity index (χ1v) is 10.4. The molecule has 2 aromatic carbocycles. The van der Waals surface area contributed by atoms with Gasteiger partial charge in [-0.1, -0.05) is 30.3 Å². The smallest absolute Gasteiger partial charge is 0.349 e. The van der Waals surface area contributed by atoms with Gasteiger partial charge in [0, 0.05) is 44.2 Å². The Balaban J connectivity index is 1.38. The first kappa shape index (κ1) is 20.9. The quantitative estimate of drug-likeness (QED) is 0.497. The zero-order valence-electron chi connectivity index (χ0n) is 17.2. The van der Waals surface area contributed by atoms with Crippen LogP contribution in [0.5, 0.6) is 5.75 Å². The van der Waals surface area contributed by atoms with E-state index in [-0.39, 0.29) is 11.5 Å². The van der Waals surface area contributed by atoms with Crippen LogP contribution in [0.4, 0.5) is 0 Å². The zero-order valence-corrected chi connectivity index (χ0v) is 18.0. The van der Waals surface area contributed by atoms with E-state index >= 15 is 0 Å². The van der Waals surface area contributed by atoms with Crippen molar-refractivity contribution in [3.05, 3.63) is 76.1 Å². The molecule has 4 rings (SSSR count). The lowest BCUT2D eigenvalue weighted by Gasteiger charge is -2.36. The van der Waals surface area contributed by atoms with Crippen LogP contribution >= 0.6 is 12.2 Å². The Morgan fingerprint density at radius 1 is 1.06 bits per heavy atom. The largest absolute Gasteiger partial charge is 0.497 e. The minimum Gasteiger partial charge on any atom is -0.497 e. The Hall–Kier alpha value is -3.39. The lowest BCUT2D eigenvalue weighted by atomic mass is 10.1. The number of hydrogen-bond donors (Lipinski definition) is 1. The van der Waals surface area contributed by atoms with Crippen molar-refractivity contribution in [2.45, 2.75) is 6.54 Å². The van der Waals surface area contributed by atoms with E-state index in [0.29, 0.717) is 54.6 Å². The van der Waals surface area contributed by atoms with Crippen molar-refractivity contribution in [1.82, 2.24) is 15.1 Å². The second-order valence-electron chi connectivity index (χ2n) is 7.27. The summed E-state index contributed by atoms with van der Waals surface area (Å²) in [4.78, 5) is 29.1. The third-order valence-electron chi connectivity index (χ3n) is 5.31. The molecule has 1 fully saturated rings. The lowest BCUT2D eigenvalue weighted by molar-refractivity contribution is 0.0687. The molecule has 2 heterocycles. The number of piperazine rings is 1. The molecule has 1 N–H and O–H groups in total. The van der Waals surface area contributed by atoms with Gasteiger partial charge in [-0.15, -0.1) is 0 Å². The molecule has 0 spiro atoms. The zero-order chi connectivity index (χ0) is 21.8. The summed E-state index contributed by atoms with van der Waals surface area (Å²) in [5, 5.41) is 4.60. The van der Waals surface area contributed by atoms with Crippen molar-refractivity contribution in [2.24, 2.45) is 0 Å². The molecule has 8 heteroatoms. The van der Waals surface area contributed by atoms with Gasteiger partial charge in [-0.2, -0.15) is 0 Å². The number of amides is 1. The fraction of sp³-hybridized carbons (Fsp3) is 0.261. The minimum atomic E-state index is -0.645. The fourth-order valence-corrected chi connectivity index (χ4v) is 3.79. The van der Waals surface area contributed by atoms with Crippen LogP contribution in [0, 0.1) is 0 Å². The first-order chi connectivity index (χ1) is 15.0.